The van der Waals surface area contributed by atoms with Crippen molar-refractivity contribution in [3.63, 3.8) is 0 Å². The van der Waals surface area contributed by atoms with Crippen molar-refractivity contribution in [2.24, 2.45) is 0 Å². The number of amides is 2. The Labute approximate surface area is 318 Å². The number of urea groups is 1. The number of carbonyl (C=O) groups excluding carboxylic acids is 1. The molecular formula is C43H48N4O7. The second-order valence-corrected chi connectivity index (χ2v) is 13.0. The molecule has 4 aromatic rings. The fourth-order valence-electron chi connectivity index (χ4n) is 6.61. The van der Waals surface area contributed by atoms with Crippen LogP contribution < -0.4 is 0 Å². The van der Waals surface area contributed by atoms with E-state index in [1.807, 2.05) is 94.7 Å². The molecule has 0 spiro atoms. The number of carbonyl (C=O) groups is 1. The standard InChI is InChI=1S/C43H48N4O7/c1-49-21-23-51-31-53-41-39(25-33-9-5-3-6-10-33)46(29-37-17-13-35(27-44)14-18-37)43(48)47(30-38-19-15-36(28-45)16-20-38)40(26-34-11-7-4-8-12-34)42(41)54-32-52-24-22-50-2/h3-20,39-42H,21-26,29-32H2,1-2H3/t39-,40-,41+,42+/m0/s1. The number of nitrogens with zero attached hydrogens (tertiary/aromatic N) is 4. The molecule has 0 saturated carbocycles. The smallest absolute Gasteiger partial charge is 0.321 e. The fourth-order valence-corrected chi connectivity index (χ4v) is 6.61. The molecule has 1 fully saturated rings. The minimum absolute atomic E-state index is 0.0592. The number of ether oxygens (including phenoxy) is 6. The van der Waals surface area contributed by atoms with Gasteiger partial charge < -0.3 is 38.2 Å². The highest BCUT2D eigenvalue weighted by molar-refractivity contribution is 5.76. The van der Waals surface area contributed by atoms with Crippen molar-refractivity contribution in [3.05, 3.63) is 143 Å². The quantitative estimate of drug-likeness (QED) is 0.0783. The molecule has 54 heavy (non-hydrogen) atoms. The van der Waals surface area contributed by atoms with E-state index in [1.165, 1.54) is 0 Å². The molecular weight excluding hydrogens is 684 g/mol. The van der Waals surface area contributed by atoms with Crippen LogP contribution in [-0.4, -0.2) is 94.4 Å². The van der Waals surface area contributed by atoms with Crippen LogP contribution >= 0.6 is 0 Å². The molecule has 0 unspecified atom stereocenters. The summed E-state index contributed by atoms with van der Waals surface area (Å²) >= 11 is 0. The number of benzene rings is 4. The van der Waals surface area contributed by atoms with Gasteiger partial charge in [0, 0.05) is 27.3 Å². The third kappa shape index (κ3) is 11.4. The first-order chi connectivity index (χ1) is 26.5. The van der Waals surface area contributed by atoms with Gasteiger partial charge >= 0.3 is 6.03 Å². The second-order valence-electron chi connectivity index (χ2n) is 13.0. The second kappa shape index (κ2) is 21.6. The Bertz CT molecular complexity index is 1650. The zero-order valence-corrected chi connectivity index (χ0v) is 30.9. The zero-order chi connectivity index (χ0) is 38.0. The van der Waals surface area contributed by atoms with E-state index in [0.29, 0.717) is 50.4 Å². The number of hydrogen-bond donors (Lipinski definition) is 0. The van der Waals surface area contributed by atoms with Gasteiger partial charge in [0.2, 0.25) is 0 Å². The summed E-state index contributed by atoms with van der Waals surface area (Å²) in [6, 6.07) is 37.7. The normalized spacial score (nSPS) is 18.6. The first-order valence-electron chi connectivity index (χ1n) is 18.0. The van der Waals surface area contributed by atoms with Gasteiger partial charge in [-0.05, 0) is 59.4 Å². The molecule has 4 aromatic carbocycles. The number of nitriles is 2. The van der Waals surface area contributed by atoms with Gasteiger partial charge in [0.1, 0.15) is 25.8 Å². The van der Waals surface area contributed by atoms with Crippen molar-refractivity contribution >= 4 is 6.03 Å². The van der Waals surface area contributed by atoms with Crippen LogP contribution in [0.3, 0.4) is 0 Å². The molecule has 1 aliphatic rings. The molecule has 11 nitrogen and oxygen atoms in total. The molecule has 0 radical (unpaired) electrons. The van der Waals surface area contributed by atoms with Crippen molar-refractivity contribution in [1.29, 1.82) is 10.5 Å². The summed E-state index contributed by atoms with van der Waals surface area (Å²) in [6.45, 7) is 1.80. The molecule has 0 bridgehead atoms. The Hall–Kier alpha value is -5.11. The number of rotatable bonds is 20. The predicted molar refractivity (Wildman–Crippen MR) is 202 cm³/mol. The van der Waals surface area contributed by atoms with E-state index >= 15 is 4.79 Å². The summed E-state index contributed by atoms with van der Waals surface area (Å²) in [5.41, 5.74) is 4.81. The summed E-state index contributed by atoms with van der Waals surface area (Å²) < 4.78 is 35.7. The van der Waals surface area contributed by atoms with Gasteiger partial charge in [-0.2, -0.15) is 10.5 Å². The molecule has 0 N–H and O–H groups in total. The van der Waals surface area contributed by atoms with Crippen LogP contribution in [0.5, 0.6) is 0 Å². The topological polar surface area (TPSA) is 127 Å². The van der Waals surface area contributed by atoms with E-state index in [0.717, 1.165) is 22.3 Å². The third-order valence-corrected chi connectivity index (χ3v) is 9.37. The molecule has 0 aliphatic carbocycles. The van der Waals surface area contributed by atoms with Crippen molar-refractivity contribution in [3.8, 4) is 12.1 Å². The lowest BCUT2D eigenvalue weighted by Gasteiger charge is -2.38. The minimum Gasteiger partial charge on any atom is -0.382 e. The van der Waals surface area contributed by atoms with E-state index in [4.69, 9.17) is 28.4 Å². The van der Waals surface area contributed by atoms with Crippen molar-refractivity contribution in [2.75, 3.05) is 54.2 Å². The highest BCUT2D eigenvalue weighted by Crippen LogP contribution is 2.33. The third-order valence-electron chi connectivity index (χ3n) is 9.37. The van der Waals surface area contributed by atoms with Crippen LogP contribution in [-0.2, 0) is 54.4 Å². The Balaban J connectivity index is 1.67. The van der Waals surface area contributed by atoms with Crippen LogP contribution in [0.25, 0.3) is 0 Å². The zero-order valence-electron chi connectivity index (χ0n) is 30.9. The van der Waals surface area contributed by atoms with Gasteiger partial charge in [-0.15, -0.1) is 0 Å². The first-order valence-corrected chi connectivity index (χ1v) is 18.0. The van der Waals surface area contributed by atoms with Crippen molar-refractivity contribution < 1.29 is 33.2 Å². The van der Waals surface area contributed by atoms with Gasteiger partial charge in [-0.3, -0.25) is 0 Å². The summed E-state index contributed by atoms with van der Waals surface area (Å²) in [5.74, 6) is 0. The summed E-state index contributed by atoms with van der Waals surface area (Å²) in [4.78, 5) is 19.2. The van der Waals surface area contributed by atoms with Crippen LogP contribution in [0.15, 0.2) is 109 Å². The predicted octanol–water partition coefficient (Wildman–Crippen LogP) is 6.10. The Morgan fingerprint density at radius 3 is 1.28 bits per heavy atom. The SMILES string of the molecule is COCCOCO[C@H]1[C@H](OCOCCOC)[C@H](Cc2ccccc2)N(Cc2ccc(C#N)cc2)C(=O)N(Cc2ccc(C#N)cc2)[C@H]1Cc1ccccc1. The molecule has 11 heteroatoms. The Kier molecular flexibility index (Phi) is 16.0. The lowest BCUT2D eigenvalue weighted by Crippen LogP contribution is -2.53. The van der Waals surface area contributed by atoms with Gasteiger partial charge in [0.05, 0.1) is 61.8 Å². The molecule has 4 atom stereocenters. The molecule has 2 amide bonds. The average Bonchev–Trinajstić information content (AvgIpc) is 3.28. The summed E-state index contributed by atoms with van der Waals surface area (Å²) in [6.07, 6.45) is -0.473. The van der Waals surface area contributed by atoms with Gasteiger partial charge in [0.25, 0.3) is 0 Å². The molecule has 1 heterocycles. The lowest BCUT2D eigenvalue weighted by atomic mass is 9.90. The van der Waals surface area contributed by atoms with Gasteiger partial charge in [0.15, 0.2) is 0 Å². The van der Waals surface area contributed by atoms with E-state index in [-0.39, 0.29) is 32.7 Å². The highest BCUT2D eigenvalue weighted by atomic mass is 16.7. The molecule has 1 saturated heterocycles. The van der Waals surface area contributed by atoms with Gasteiger partial charge in [-0.1, -0.05) is 84.9 Å². The average molecular weight is 733 g/mol. The maximum Gasteiger partial charge on any atom is 0.321 e. The van der Waals surface area contributed by atoms with Gasteiger partial charge in [-0.25, -0.2) is 4.79 Å². The summed E-state index contributed by atoms with van der Waals surface area (Å²) in [5, 5.41) is 19.0. The molecule has 0 aromatic heterocycles. The van der Waals surface area contributed by atoms with Crippen LogP contribution in [0, 0.1) is 22.7 Å². The maximum atomic E-state index is 15.5. The van der Waals surface area contributed by atoms with E-state index in [1.54, 1.807) is 38.5 Å². The first kappa shape index (κ1) is 40.1. The lowest BCUT2D eigenvalue weighted by molar-refractivity contribution is -0.192. The highest BCUT2D eigenvalue weighted by Gasteiger charge is 2.49. The van der Waals surface area contributed by atoms with Crippen LogP contribution in [0.4, 0.5) is 4.79 Å². The maximum absolute atomic E-state index is 15.5. The summed E-state index contributed by atoms with van der Waals surface area (Å²) in [7, 11) is 3.23. The van der Waals surface area contributed by atoms with Crippen molar-refractivity contribution in [1.82, 2.24) is 9.80 Å². The van der Waals surface area contributed by atoms with Crippen molar-refractivity contribution in [2.45, 2.75) is 50.2 Å². The Morgan fingerprint density at radius 1 is 0.537 bits per heavy atom. The largest absolute Gasteiger partial charge is 0.382 e. The van der Waals surface area contributed by atoms with E-state index in [9.17, 15) is 10.5 Å². The van der Waals surface area contributed by atoms with Crippen LogP contribution in [0.1, 0.15) is 33.4 Å². The monoisotopic (exact) mass is 732 g/mol. The fraction of sp³-hybridized carbons (Fsp3) is 0.372. The Morgan fingerprint density at radius 2 is 0.926 bits per heavy atom. The number of hydrogen-bond acceptors (Lipinski definition) is 9. The van der Waals surface area contributed by atoms with E-state index in [2.05, 4.69) is 12.1 Å². The minimum atomic E-state index is -0.694. The van der Waals surface area contributed by atoms with Crippen LogP contribution in [0.2, 0.25) is 0 Å². The molecule has 1 aliphatic heterocycles. The molecule has 5 rings (SSSR count). The molecule has 282 valence electrons. The number of methoxy groups -OCH3 is 2. The van der Waals surface area contributed by atoms with E-state index < -0.39 is 24.3 Å².